The highest BCUT2D eigenvalue weighted by Crippen LogP contribution is 2.24. The van der Waals surface area contributed by atoms with E-state index in [0.717, 1.165) is 31.2 Å². The molecule has 1 saturated carbocycles. The van der Waals surface area contributed by atoms with Crippen molar-refractivity contribution >= 4 is 18.3 Å². The number of ether oxygens (including phenoxy) is 1. The molecule has 2 atom stereocenters. The number of esters is 1. The summed E-state index contributed by atoms with van der Waals surface area (Å²) in [5.41, 5.74) is 0.871. The zero-order valence-electron chi connectivity index (χ0n) is 18.2. The van der Waals surface area contributed by atoms with E-state index in [9.17, 15) is 19.6 Å². The summed E-state index contributed by atoms with van der Waals surface area (Å²) < 4.78 is 5.74. The van der Waals surface area contributed by atoms with Crippen LogP contribution >= 0.6 is 0 Å². The molecule has 7 heteroatoms. The summed E-state index contributed by atoms with van der Waals surface area (Å²) in [6.45, 7) is 5.56. The predicted molar refractivity (Wildman–Crippen MR) is 112 cm³/mol. The first-order chi connectivity index (χ1) is 14.3. The minimum absolute atomic E-state index is 0.144. The number of benzene rings is 1. The quantitative estimate of drug-likeness (QED) is 0.195. The van der Waals surface area contributed by atoms with E-state index in [0.29, 0.717) is 17.4 Å². The summed E-state index contributed by atoms with van der Waals surface area (Å²) >= 11 is 0. The minimum atomic E-state index is -0.994. The van der Waals surface area contributed by atoms with Crippen molar-refractivity contribution in [3.8, 4) is 0 Å². The molecule has 7 nitrogen and oxygen atoms in total. The van der Waals surface area contributed by atoms with Crippen LogP contribution in [0.1, 0.15) is 64.9 Å². The van der Waals surface area contributed by atoms with Crippen molar-refractivity contribution in [1.29, 1.82) is 0 Å². The second kappa shape index (κ2) is 11.7. The van der Waals surface area contributed by atoms with Crippen LogP contribution in [0.2, 0.25) is 0 Å². The van der Waals surface area contributed by atoms with E-state index in [2.05, 4.69) is 0 Å². The minimum Gasteiger partial charge on any atom is -0.461 e. The number of amides is 2. The van der Waals surface area contributed by atoms with E-state index in [4.69, 9.17) is 4.74 Å². The summed E-state index contributed by atoms with van der Waals surface area (Å²) in [7, 11) is 0. The van der Waals surface area contributed by atoms with Crippen LogP contribution in [-0.4, -0.2) is 51.8 Å². The lowest BCUT2D eigenvalue weighted by molar-refractivity contribution is -0.190. The Balaban J connectivity index is 2.33. The lowest BCUT2D eigenvalue weighted by Crippen LogP contribution is -2.56. The Morgan fingerprint density at radius 1 is 1.17 bits per heavy atom. The second-order valence-electron chi connectivity index (χ2n) is 8.40. The molecule has 0 aromatic heterocycles. The average Bonchev–Trinajstić information content (AvgIpc) is 3.24. The van der Waals surface area contributed by atoms with Gasteiger partial charge in [-0.1, -0.05) is 44.2 Å². The lowest BCUT2D eigenvalue weighted by atomic mass is 10.0. The van der Waals surface area contributed by atoms with Crippen molar-refractivity contribution in [2.75, 3.05) is 0 Å². The van der Waals surface area contributed by atoms with Gasteiger partial charge in [-0.3, -0.25) is 14.8 Å². The number of carbonyl (C=O) groups is 3. The summed E-state index contributed by atoms with van der Waals surface area (Å²) in [4.78, 5) is 38.8. The fourth-order valence-corrected chi connectivity index (χ4v) is 3.78. The van der Waals surface area contributed by atoms with Gasteiger partial charge in [0.05, 0.1) is 0 Å². The molecular formula is C23H34N2O5. The third kappa shape index (κ3) is 6.83. The molecule has 1 aliphatic carbocycles. The molecule has 0 radical (unpaired) electrons. The molecule has 166 valence electrons. The topological polar surface area (TPSA) is 87.2 Å². The first kappa shape index (κ1) is 23.9. The van der Waals surface area contributed by atoms with Gasteiger partial charge in [0.2, 0.25) is 12.3 Å². The first-order valence-electron chi connectivity index (χ1n) is 10.8. The number of nitrogens with zero attached hydrogens (tertiary/aromatic N) is 2. The SMILES string of the molecule is CC(C)CCC(=O)N([C@@H](Cc1ccccc1)C(=O)OC1CCCC1)[C@@H](C)N(O)C=O. The Bertz CT molecular complexity index is 688. The molecule has 0 spiro atoms. The van der Waals surface area contributed by atoms with Crippen LogP contribution in [0.5, 0.6) is 0 Å². The van der Waals surface area contributed by atoms with Gasteiger partial charge in [-0.15, -0.1) is 0 Å². The van der Waals surface area contributed by atoms with Crippen molar-refractivity contribution in [3.63, 3.8) is 0 Å². The van der Waals surface area contributed by atoms with Crippen molar-refractivity contribution < 1.29 is 24.3 Å². The normalized spacial score (nSPS) is 16.2. The molecule has 1 aromatic carbocycles. The number of hydroxylamine groups is 2. The molecule has 0 bridgehead atoms. The molecule has 1 fully saturated rings. The Kier molecular flexibility index (Phi) is 9.30. The molecule has 30 heavy (non-hydrogen) atoms. The maximum atomic E-state index is 13.2. The second-order valence-corrected chi connectivity index (χ2v) is 8.40. The average molecular weight is 419 g/mol. The van der Waals surface area contributed by atoms with Crippen LogP contribution in [-0.2, 0) is 25.5 Å². The zero-order chi connectivity index (χ0) is 22.1. The van der Waals surface area contributed by atoms with E-state index >= 15 is 0 Å². The third-order valence-corrected chi connectivity index (χ3v) is 5.58. The largest absolute Gasteiger partial charge is 0.461 e. The van der Waals surface area contributed by atoms with Gasteiger partial charge in [-0.2, -0.15) is 0 Å². The van der Waals surface area contributed by atoms with E-state index in [1.165, 1.54) is 11.8 Å². The summed E-state index contributed by atoms with van der Waals surface area (Å²) in [6, 6.07) is 8.45. The summed E-state index contributed by atoms with van der Waals surface area (Å²) in [5, 5.41) is 10.4. The zero-order valence-corrected chi connectivity index (χ0v) is 18.2. The molecular weight excluding hydrogens is 384 g/mol. The highest BCUT2D eigenvalue weighted by molar-refractivity contribution is 5.85. The fraction of sp³-hybridized carbons (Fsp3) is 0.609. The third-order valence-electron chi connectivity index (χ3n) is 5.58. The van der Waals surface area contributed by atoms with Crippen molar-refractivity contribution in [2.45, 2.75) is 84.0 Å². The van der Waals surface area contributed by atoms with Crippen LogP contribution < -0.4 is 0 Å². The van der Waals surface area contributed by atoms with Gasteiger partial charge in [0, 0.05) is 12.8 Å². The smallest absolute Gasteiger partial charge is 0.329 e. The van der Waals surface area contributed by atoms with Crippen LogP contribution in [0, 0.1) is 5.92 Å². The van der Waals surface area contributed by atoms with E-state index < -0.39 is 18.2 Å². The molecule has 0 saturated heterocycles. The number of rotatable bonds is 11. The van der Waals surface area contributed by atoms with Crippen molar-refractivity contribution in [1.82, 2.24) is 9.96 Å². The van der Waals surface area contributed by atoms with Crippen LogP contribution in [0.3, 0.4) is 0 Å². The van der Waals surface area contributed by atoms with E-state index in [1.54, 1.807) is 0 Å². The molecule has 1 aromatic rings. The van der Waals surface area contributed by atoms with E-state index in [1.807, 2.05) is 44.2 Å². The Hall–Kier alpha value is -2.41. The Labute approximate surface area is 178 Å². The monoisotopic (exact) mass is 418 g/mol. The number of hydrogen-bond donors (Lipinski definition) is 1. The molecule has 0 aliphatic heterocycles. The van der Waals surface area contributed by atoms with Gasteiger partial charge >= 0.3 is 5.97 Å². The predicted octanol–water partition coefficient (Wildman–Crippen LogP) is 3.54. The van der Waals surface area contributed by atoms with Gasteiger partial charge in [0.15, 0.2) is 0 Å². The molecule has 0 unspecified atom stereocenters. The van der Waals surface area contributed by atoms with Gasteiger partial charge in [0.1, 0.15) is 18.3 Å². The van der Waals surface area contributed by atoms with Crippen LogP contribution in [0.15, 0.2) is 30.3 Å². The molecule has 1 N–H and O–H groups in total. The lowest BCUT2D eigenvalue weighted by Gasteiger charge is -2.37. The highest BCUT2D eigenvalue weighted by Gasteiger charge is 2.37. The molecule has 2 amide bonds. The van der Waals surface area contributed by atoms with Gasteiger partial charge < -0.3 is 9.64 Å². The van der Waals surface area contributed by atoms with Gasteiger partial charge in [-0.05, 0) is 50.5 Å². The standard InChI is InChI=1S/C23H34N2O5/c1-17(2)13-14-22(27)25(18(3)24(29)16-26)21(15-19-9-5-4-6-10-19)23(28)30-20-11-7-8-12-20/h4-6,9-10,16-18,20-21,29H,7-8,11-15H2,1-3H3/t18-,21-/m0/s1. The summed E-state index contributed by atoms with van der Waals surface area (Å²) in [6.07, 6.45) is 3.89. The Morgan fingerprint density at radius 2 is 1.80 bits per heavy atom. The van der Waals surface area contributed by atoms with Crippen LogP contribution in [0.4, 0.5) is 0 Å². The fourth-order valence-electron chi connectivity index (χ4n) is 3.78. The first-order valence-corrected chi connectivity index (χ1v) is 10.8. The van der Waals surface area contributed by atoms with Crippen molar-refractivity contribution in [2.24, 2.45) is 5.92 Å². The van der Waals surface area contributed by atoms with Crippen molar-refractivity contribution in [3.05, 3.63) is 35.9 Å². The summed E-state index contributed by atoms with van der Waals surface area (Å²) in [5.74, 6) is -0.475. The molecule has 0 heterocycles. The maximum absolute atomic E-state index is 13.2. The Morgan fingerprint density at radius 3 is 2.37 bits per heavy atom. The highest BCUT2D eigenvalue weighted by atomic mass is 16.5. The van der Waals surface area contributed by atoms with E-state index in [-0.39, 0.29) is 31.3 Å². The number of hydrogen-bond acceptors (Lipinski definition) is 5. The number of carbonyl (C=O) groups excluding carboxylic acids is 3. The molecule has 1 aliphatic rings. The molecule has 2 rings (SSSR count). The van der Waals surface area contributed by atoms with Gasteiger partial charge in [-0.25, -0.2) is 9.86 Å². The van der Waals surface area contributed by atoms with Gasteiger partial charge in [0.25, 0.3) is 0 Å². The maximum Gasteiger partial charge on any atom is 0.329 e. The van der Waals surface area contributed by atoms with Crippen LogP contribution in [0.25, 0.3) is 0 Å².